The highest BCUT2D eigenvalue weighted by Crippen LogP contribution is 2.09. The molecular weight excluding hydrogens is 244 g/mol. The third-order valence-electron chi connectivity index (χ3n) is 1.66. The van der Waals surface area contributed by atoms with E-state index in [9.17, 15) is 9.59 Å². The minimum atomic E-state index is -0.504. The molecule has 0 saturated carbocycles. The lowest BCUT2D eigenvalue weighted by Gasteiger charge is -2.06. The molecular formula is C10H15NO3P2. The minimum absolute atomic E-state index is 0.163. The van der Waals surface area contributed by atoms with E-state index in [1.165, 1.54) is 6.08 Å². The second-order valence-corrected chi connectivity index (χ2v) is 3.93. The number of ether oxygens (including phenoxy) is 1. The van der Waals surface area contributed by atoms with Gasteiger partial charge in [-0.25, -0.2) is 4.79 Å². The summed E-state index contributed by atoms with van der Waals surface area (Å²) >= 11 is 0. The Morgan fingerprint density at radius 1 is 1.69 bits per heavy atom. The molecule has 0 spiro atoms. The summed E-state index contributed by atoms with van der Waals surface area (Å²) in [6.45, 7) is 2.28. The molecule has 0 bridgehead atoms. The Morgan fingerprint density at radius 2 is 2.31 bits per heavy atom. The van der Waals surface area contributed by atoms with Gasteiger partial charge in [0.25, 0.3) is 0 Å². The highest BCUT2D eigenvalue weighted by molar-refractivity contribution is 7.23. The molecule has 4 nitrogen and oxygen atoms in total. The lowest BCUT2D eigenvalue weighted by atomic mass is 10.0. The molecule has 0 aliphatic heterocycles. The molecule has 1 aliphatic rings. The van der Waals surface area contributed by atoms with E-state index in [-0.39, 0.29) is 11.4 Å². The smallest absolute Gasteiger partial charge is 0.341 e. The average Bonchev–Trinajstić information content (AvgIpc) is 2.27. The molecule has 1 atom stereocenters. The molecule has 16 heavy (non-hydrogen) atoms. The quantitative estimate of drug-likeness (QED) is 0.444. The Hall–Kier alpha value is -0.850. The number of nitrogens with zero attached hydrogens (tertiary/aromatic N) is 1. The van der Waals surface area contributed by atoms with Crippen molar-refractivity contribution in [2.24, 2.45) is 4.52 Å². The monoisotopic (exact) mass is 259 g/mol. The van der Waals surface area contributed by atoms with Crippen LogP contribution in [0.5, 0.6) is 0 Å². The summed E-state index contributed by atoms with van der Waals surface area (Å²) in [5.41, 5.74) is 0.163. The Labute approximate surface area is 99.7 Å². The van der Waals surface area contributed by atoms with Gasteiger partial charge in [-0.05, 0) is 30.9 Å². The number of ketones is 1. The first kappa shape index (κ1) is 15.2. The summed E-state index contributed by atoms with van der Waals surface area (Å²) in [7, 11) is 4.89. The number of Topliss-reactive ketones (excluding diaryl/α,β-unsaturated/α-hetero) is 1. The van der Waals surface area contributed by atoms with Gasteiger partial charge in [-0.15, -0.1) is 0 Å². The fourth-order valence-corrected chi connectivity index (χ4v) is 0.997. The van der Waals surface area contributed by atoms with Crippen LogP contribution >= 0.6 is 18.4 Å². The minimum Gasteiger partial charge on any atom is -0.462 e. The van der Waals surface area contributed by atoms with Crippen LogP contribution in [-0.2, 0) is 14.3 Å². The van der Waals surface area contributed by atoms with Crippen molar-refractivity contribution in [1.82, 2.24) is 0 Å². The van der Waals surface area contributed by atoms with E-state index in [0.29, 0.717) is 13.0 Å². The maximum atomic E-state index is 11.2. The fourth-order valence-electron chi connectivity index (χ4n) is 0.997. The van der Waals surface area contributed by atoms with Gasteiger partial charge in [0.15, 0.2) is 5.78 Å². The van der Waals surface area contributed by atoms with Crippen LogP contribution in [0.2, 0.25) is 0 Å². The molecule has 88 valence electrons. The SMILES string of the molecule is CCCOC(=O)C1=CC=CCC1=O.P=NP. The number of hydrogen-bond donors (Lipinski definition) is 0. The first-order valence-corrected chi connectivity index (χ1v) is 5.77. The van der Waals surface area contributed by atoms with E-state index < -0.39 is 5.97 Å². The van der Waals surface area contributed by atoms with E-state index in [1.807, 2.05) is 6.92 Å². The Bertz CT molecular complexity index is 324. The van der Waals surface area contributed by atoms with Crippen LogP contribution in [0.25, 0.3) is 0 Å². The van der Waals surface area contributed by atoms with Crippen LogP contribution in [0, 0.1) is 0 Å². The zero-order chi connectivity index (χ0) is 12.4. The van der Waals surface area contributed by atoms with Crippen molar-refractivity contribution >= 4 is 30.2 Å². The molecule has 1 unspecified atom stereocenters. The molecule has 0 aromatic rings. The zero-order valence-electron chi connectivity index (χ0n) is 9.10. The van der Waals surface area contributed by atoms with Crippen LogP contribution in [-0.4, -0.2) is 18.4 Å². The summed E-state index contributed by atoms with van der Waals surface area (Å²) in [4.78, 5) is 22.4. The van der Waals surface area contributed by atoms with Crippen molar-refractivity contribution in [2.75, 3.05) is 6.61 Å². The molecule has 0 fully saturated rings. The molecule has 0 N–H and O–H groups in total. The van der Waals surface area contributed by atoms with E-state index in [1.54, 1.807) is 12.2 Å². The van der Waals surface area contributed by atoms with E-state index in [0.717, 1.165) is 6.42 Å². The summed E-state index contributed by atoms with van der Waals surface area (Å²) in [5, 5.41) is 0. The molecule has 1 aliphatic carbocycles. The van der Waals surface area contributed by atoms with Gasteiger partial charge in [0.05, 0.1) is 6.61 Å². The van der Waals surface area contributed by atoms with Crippen LogP contribution in [0.15, 0.2) is 28.3 Å². The van der Waals surface area contributed by atoms with E-state index in [4.69, 9.17) is 4.74 Å². The fraction of sp³-hybridized carbons (Fsp3) is 0.400. The van der Waals surface area contributed by atoms with Crippen molar-refractivity contribution in [2.45, 2.75) is 19.8 Å². The van der Waals surface area contributed by atoms with Gasteiger partial charge in [-0.2, -0.15) is 0 Å². The summed E-state index contributed by atoms with van der Waals surface area (Å²) in [6, 6.07) is 0. The summed E-state index contributed by atoms with van der Waals surface area (Å²) in [6.07, 6.45) is 5.99. The van der Waals surface area contributed by atoms with Crippen molar-refractivity contribution in [3.8, 4) is 0 Å². The Kier molecular flexibility index (Phi) is 8.88. The predicted octanol–water partition coefficient (Wildman–Crippen LogP) is 2.50. The summed E-state index contributed by atoms with van der Waals surface area (Å²) in [5.74, 6) is -0.667. The number of carbonyl (C=O) groups excluding carboxylic acids is 2. The molecule has 1 rings (SSSR count). The largest absolute Gasteiger partial charge is 0.462 e. The van der Waals surface area contributed by atoms with E-state index in [2.05, 4.69) is 22.9 Å². The molecule has 0 aromatic heterocycles. The van der Waals surface area contributed by atoms with Crippen molar-refractivity contribution in [3.05, 3.63) is 23.8 Å². The lowest BCUT2D eigenvalue weighted by Crippen LogP contribution is -2.17. The van der Waals surface area contributed by atoms with Crippen LogP contribution in [0.1, 0.15) is 19.8 Å². The maximum absolute atomic E-state index is 11.2. The van der Waals surface area contributed by atoms with Gasteiger partial charge >= 0.3 is 5.97 Å². The van der Waals surface area contributed by atoms with Crippen molar-refractivity contribution in [1.29, 1.82) is 0 Å². The third-order valence-corrected chi connectivity index (χ3v) is 1.66. The lowest BCUT2D eigenvalue weighted by molar-refractivity contribution is -0.140. The van der Waals surface area contributed by atoms with Gasteiger partial charge in [0.1, 0.15) is 5.57 Å². The first-order valence-electron chi connectivity index (χ1n) is 4.81. The zero-order valence-corrected chi connectivity index (χ0v) is 11.3. The van der Waals surface area contributed by atoms with Crippen molar-refractivity contribution < 1.29 is 14.3 Å². The highest BCUT2D eigenvalue weighted by Gasteiger charge is 2.19. The Balaban J connectivity index is 0.000000673. The molecule has 0 saturated heterocycles. The number of carbonyl (C=O) groups is 2. The standard InChI is InChI=1S/C10H12O3.H3NP2/c1-2-7-13-10(12)8-5-3-4-6-9(8)11;2-1-3/h3-5H,2,6-7H2,1H3;2H,3H2. The predicted molar refractivity (Wildman–Crippen MR) is 68.6 cm³/mol. The molecule has 0 radical (unpaired) electrons. The molecule has 6 heteroatoms. The number of allylic oxidation sites excluding steroid dienone is 3. The second-order valence-electron chi connectivity index (χ2n) is 2.90. The van der Waals surface area contributed by atoms with Gasteiger partial charge in [-0.3, -0.25) is 9.31 Å². The average molecular weight is 259 g/mol. The van der Waals surface area contributed by atoms with Gasteiger partial charge < -0.3 is 4.74 Å². The van der Waals surface area contributed by atoms with Gasteiger partial charge in [0.2, 0.25) is 0 Å². The van der Waals surface area contributed by atoms with Crippen LogP contribution in [0.3, 0.4) is 0 Å². The van der Waals surface area contributed by atoms with E-state index >= 15 is 0 Å². The normalized spacial score (nSPS) is 13.4. The van der Waals surface area contributed by atoms with Crippen LogP contribution in [0.4, 0.5) is 0 Å². The number of rotatable bonds is 3. The van der Waals surface area contributed by atoms with Crippen LogP contribution < -0.4 is 0 Å². The van der Waals surface area contributed by atoms with Crippen molar-refractivity contribution in [3.63, 3.8) is 0 Å². The number of hydrogen-bond acceptors (Lipinski definition) is 4. The maximum Gasteiger partial charge on any atom is 0.341 e. The first-order chi connectivity index (χ1) is 7.67. The Morgan fingerprint density at radius 3 is 2.81 bits per heavy atom. The topological polar surface area (TPSA) is 55.7 Å². The molecule has 0 amide bonds. The second kappa shape index (κ2) is 9.38. The summed E-state index contributed by atoms with van der Waals surface area (Å²) < 4.78 is 8.06. The number of esters is 1. The van der Waals surface area contributed by atoms with Gasteiger partial charge in [0, 0.05) is 6.42 Å². The highest BCUT2D eigenvalue weighted by atomic mass is 31.1. The van der Waals surface area contributed by atoms with Gasteiger partial charge in [-0.1, -0.05) is 19.1 Å². The molecule has 0 aromatic carbocycles. The molecule has 0 heterocycles. The third kappa shape index (κ3) is 5.89.